The van der Waals surface area contributed by atoms with E-state index in [1.165, 1.54) is 0 Å². The van der Waals surface area contributed by atoms with E-state index in [1.807, 2.05) is 12.1 Å². The first kappa shape index (κ1) is 10.8. The van der Waals surface area contributed by atoms with Gasteiger partial charge in [0.2, 0.25) is 5.88 Å². The Labute approximate surface area is 86.3 Å². The zero-order chi connectivity index (χ0) is 10.6. The van der Waals surface area contributed by atoms with Crippen LogP contribution in [0, 0.1) is 11.5 Å². The number of methoxy groups -OCH3 is 1. The Balaban J connectivity index is 2.82. The number of ether oxygens (including phenoxy) is 1. The van der Waals surface area contributed by atoms with Gasteiger partial charge in [-0.05, 0) is 6.07 Å². The average molecular weight is 205 g/mol. The molecule has 14 heavy (non-hydrogen) atoms. The van der Waals surface area contributed by atoms with Gasteiger partial charge in [0.15, 0.2) is 0 Å². The molecule has 0 aliphatic heterocycles. The number of hydrogen-bond donors (Lipinski definition) is 0. The molecule has 0 atom stereocenters. The molecule has 2 nitrogen and oxygen atoms in total. The Morgan fingerprint density at radius 2 is 2.00 bits per heavy atom. The Kier molecular flexibility index (Phi) is 3.31. The number of hydrogen-bond acceptors (Lipinski definition) is 2. The minimum absolute atomic E-state index is 0.628. The molecule has 0 aliphatic rings. The van der Waals surface area contributed by atoms with Crippen LogP contribution in [0.2, 0.25) is 19.6 Å². The second kappa shape index (κ2) is 4.29. The molecule has 0 saturated carbocycles. The van der Waals surface area contributed by atoms with Crippen molar-refractivity contribution >= 4 is 8.07 Å². The lowest BCUT2D eigenvalue weighted by Gasteiger charge is -2.03. The summed E-state index contributed by atoms with van der Waals surface area (Å²) >= 11 is 0. The van der Waals surface area contributed by atoms with E-state index in [4.69, 9.17) is 4.74 Å². The third-order valence-electron chi connectivity index (χ3n) is 1.53. The maximum atomic E-state index is 4.96. The molecule has 0 aromatic carbocycles. The summed E-state index contributed by atoms with van der Waals surface area (Å²) in [5.74, 6) is 3.76. The predicted molar refractivity (Wildman–Crippen MR) is 61.0 cm³/mol. The van der Waals surface area contributed by atoms with Crippen LogP contribution in [0.1, 0.15) is 5.56 Å². The van der Waals surface area contributed by atoms with Gasteiger partial charge in [-0.2, -0.15) is 0 Å². The summed E-state index contributed by atoms with van der Waals surface area (Å²) in [6.07, 6.45) is 1.74. The van der Waals surface area contributed by atoms with Crippen LogP contribution in [-0.2, 0) is 0 Å². The molecule has 0 spiro atoms. The van der Waals surface area contributed by atoms with Gasteiger partial charge >= 0.3 is 0 Å². The highest BCUT2D eigenvalue weighted by Gasteiger charge is 2.07. The molecule has 0 aliphatic carbocycles. The van der Waals surface area contributed by atoms with Gasteiger partial charge in [-0.15, -0.1) is 5.54 Å². The van der Waals surface area contributed by atoms with Crippen LogP contribution in [0.3, 0.4) is 0 Å². The summed E-state index contributed by atoms with van der Waals surface area (Å²) in [4.78, 5) is 4.09. The second-order valence-corrected chi connectivity index (χ2v) is 8.84. The van der Waals surface area contributed by atoms with Gasteiger partial charge < -0.3 is 4.74 Å². The Morgan fingerprint density at radius 3 is 2.43 bits per heavy atom. The molecule has 0 saturated heterocycles. The van der Waals surface area contributed by atoms with Crippen molar-refractivity contribution in [2.45, 2.75) is 19.6 Å². The highest BCUT2D eigenvalue weighted by atomic mass is 28.3. The van der Waals surface area contributed by atoms with Crippen molar-refractivity contribution in [2.75, 3.05) is 7.11 Å². The van der Waals surface area contributed by atoms with Crippen LogP contribution in [0.25, 0.3) is 0 Å². The first-order chi connectivity index (χ1) is 6.51. The van der Waals surface area contributed by atoms with E-state index in [0.717, 1.165) is 5.56 Å². The number of aromatic nitrogens is 1. The maximum Gasteiger partial charge on any atom is 0.212 e. The highest BCUT2D eigenvalue weighted by molar-refractivity contribution is 6.83. The second-order valence-electron chi connectivity index (χ2n) is 4.09. The molecular weight excluding hydrogens is 190 g/mol. The molecule has 0 fully saturated rings. The van der Waals surface area contributed by atoms with Crippen molar-refractivity contribution < 1.29 is 4.74 Å². The molecule has 0 amide bonds. The fourth-order valence-corrected chi connectivity index (χ4v) is 1.35. The van der Waals surface area contributed by atoms with Gasteiger partial charge in [0, 0.05) is 17.8 Å². The monoisotopic (exact) mass is 205 g/mol. The first-order valence-electron chi connectivity index (χ1n) is 4.54. The summed E-state index contributed by atoms with van der Waals surface area (Å²) in [5.41, 5.74) is 4.24. The largest absolute Gasteiger partial charge is 0.481 e. The maximum absolute atomic E-state index is 4.96. The minimum Gasteiger partial charge on any atom is -0.481 e. The normalized spacial score (nSPS) is 10.3. The van der Waals surface area contributed by atoms with E-state index in [0.29, 0.717) is 5.88 Å². The standard InChI is InChI=1S/C11H15NOSi/c1-13-11-6-5-10(9-12-11)7-8-14(2,3)4/h5-6,9H,1-4H3. The van der Waals surface area contributed by atoms with E-state index < -0.39 is 8.07 Å². The van der Waals surface area contributed by atoms with Gasteiger partial charge in [0.05, 0.1) is 7.11 Å². The molecular formula is C11H15NOSi. The van der Waals surface area contributed by atoms with Crippen molar-refractivity contribution in [1.82, 2.24) is 4.98 Å². The van der Waals surface area contributed by atoms with E-state index in [9.17, 15) is 0 Å². The summed E-state index contributed by atoms with van der Waals surface area (Å²) in [6.45, 7) is 6.66. The Hall–Kier alpha value is -1.27. The Morgan fingerprint density at radius 1 is 1.29 bits per heavy atom. The average Bonchev–Trinajstić information content (AvgIpc) is 2.14. The molecule has 1 heterocycles. The molecule has 0 unspecified atom stereocenters. The van der Waals surface area contributed by atoms with Crippen LogP contribution >= 0.6 is 0 Å². The minimum atomic E-state index is -1.28. The van der Waals surface area contributed by atoms with Crippen molar-refractivity contribution in [3.05, 3.63) is 23.9 Å². The molecule has 0 bridgehead atoms. The number of rotatable bonds is 1. The van der Waals surface area contributed by atoms with Crippen molar-refractivity contribution in [3.8, 4) is 17.3 Å². The highest BCUT2D eigenvalue weighted by Crippen LogP contribution is 2.06. The molecule has 0 radical (unpaired) electrons. The van der Waals surface area contributed by atoms with Gasteiger partial charge in [0.1, 0.15) is 8.07 Å². The molecule has 1 rings (SSSR count). The van der Waals surface area contributed by atoms with Gasteiger partial charge in [-0.25, -0.2) is 4.98 Å². The van der Waals surface area contributed by atoms with E-state index in [2.05, 4.69) is 36.1 Å². The third-order valence-corrected chi connectivity index (χ3v) is 2.40. The third kappa shape index (κ3) is 3.63. The topological polar surface area (TPSA) is 22.1 Å². The van der Waals surface area contributed by atoms with E-state index in [-0.39, 0.29) is 0 Å². The summed E-state index contributed by atoms with van der Waals surface area (Å²) in [6, 6.07) is 3.76. The van der Waals surface area contributed by atoms with Crippen molar-refractivity contribution in [3.63, 3.8) is 0 Å². The molecule has 0 N–H and O–H groups in total. The fraction of sp³-hybridized carbons (Fsp3) is 0.364. The van der Waals surface area contributed by atoms with Gasteiger partial charge in [-0.3, -0.25) is 0 Å². The van der Waals surface area contributed by atoms with Crippen LogP contribution in [0.4, 0.5) is 0 Å². The number of nitrogens with zero attached hydrogens (tertiary/aromatic N) is 1. The number of pyridine rings is 1. The van der Waals surface area contributed by atoms with Crippen molar-refractivity contribution in [1.29, 1.82) is 0 Å². The van der Waals surface area contributed by atoms with E-state index >= 15 is 0 Å². The fourth-order valence-electron chi connectivity index (χ4n) is 0.835. The van der Waals surface area contributed by atoms with Crippen molar-refractivity contribution in [2.24, 2.45) is 0 Å². The lowest BCUT2D eigenvalue weighted by atomic mass is 10.3. The molecule has 1 aromatic rings. The van der Waals surface area contributed by atoms with Crippen LogP contribution in [0.5, 0.6) is 5.88 Å². The van der Waals surface area contributed by atoms with Gasteiger partial charge in [0.25, 0.3) is 0 Å². The smallest absolute Gasteiger partial charge is 0.212 e. The summed E-state index contributed by atoms with van der Waals surface area (Å²) in [5, 5.41) is 0. The quantitative estimate of drug-likeness (QED) is 0.518. The Bertz CT molecular complexity index is 354. The lowest BCUT2D eigenvalue weighted by molar-refractivity contribution is 0.398. The molecule has 3 heteroatoms. The molecule has 1 aromatic heterocycles. The summed E-state index contributed by atoms with van der Waals surface area (Å²) < 4.78 is 4.96. The van der Waals surface area contributed by atoms with Gasteiger partial charge in [-0.1, -0.05) is 25.6 Å². The summed E-state index contributed by atoms with van der Waals surface area (Å²) in [7, 11) is 0.325. The zero-order valence-electron chi connectivity index (χ0n) is 9.09. The SMILES string of the molecule is COc1ccc(C#C[Si](C)(C)C)cn1. The zero-order valence-corrected chi connectivity index (χ0v) is 10.1. The van der Waals surface area contributed by atoms with Crippen LogP contribution in [-0.4, -0.2) is 20.2 Å². The predicted octanol–water partition coefficient (Wildman–Crippen LogP) is 2.32. The lowest BCUT2D eigenvalue weighted by Crippen LogP contribution is -2.16. The van der Waals surface area contributed by atoms with Crippen LogP contribution in [0.15, 0.2) is 18.3 Å². The van der Waals surface area contributed by atoms with Crippen LogP contribution < -0.4 is 4.74 Å². The first-order valence-corrected chi connectivity index (χ1v) is 8.04. The van der Waals surface area contributed by atoms with E-state index in [1.54, 1.807) is 13.3 Å². The molecule has 74 valence electrons.